The van der Waals surface area contributed by atoms with E-state index in [2.05, 4.69) is 16.0 Å². The topological polar surface area (TPSA) is 108 Å². The average molecular weight is 449 g/mol. The zero-order chi connectivity index (χ0) is 22.1. The third-order valence-electron chi connectivity index (χ3n) is 4.70. The first-order chi connectivity index (χ1) is 14.2. The number of imide groups is 1. The Balaban J connectivity index is 1.72. The number of urea groups is 1. The Kier molecular flexibility index (Phi) is 6.00. The molecular weight excluding hydrogens is 431 g/mol. The monoisotopic (exact) mass is 448 g/mol. The standard InChI is InChI=1S/C20H18Cl2N4O4/c1-20(14-8-5-12(21)9-15(14)22)18(29)26(19(30)25-20)10-16(27)24-13-6-3-11(4-7-13)17(28)23-2/h3-9H,10H2,1-2H3,(H,23,28)(H,24,27)(H,25,30)/t20-/m1/s1. The molecular formula is C20H18Cl2N4O4. The second kappa shape index (κ2) is 8.33. The first-order valence-electron chi connectivity index (χ1n) is 8.87. The van der Waals surface area contributed by atoms with Gasteiger partial charge in [-0.1, -0.05) is 29.3 Å². The molecule has 3 rings (SSSR count). The first-order valence-corrected chi connectivity index (χ1v) is 9.63. The molecule has 2 aromatic rings. The molecule has 1 aliphatic heterocycles. The van der Waals surface area contributed by atoms with Crippen LogP contribution < -0.4 is 16.0 Å². The lowest BCUT2D eigenvalue weighted by Gasteiger charge is -2.23. The normalized spacial score (nSPS) is 18.2. The second-order valence-corrected chi connectivity index (χ2v) is 7.62. The van der Waals surface area contributed by atoms with Crippen LogP contribution in [0.3, 0.4) is 0 Å². The van der Waals surface area contributed by atoms with Gasteiger partial charge >= 0.3 is 6.03 Å². The highest BCUT2D eigenvalue weighted by Gasteiger charge is 2.50. The molecule has 3 N–H and O–H groups in total. The van der Waals surface area contributed by atoms with E-state index in [4.69, 9.17) is 23.2 Å². The van der Waals surface area contributed by atoms with Crippen molar-refractivity contribution in [1.82, 2.24) is 15.5 Å². The third kappa shape index (κ3) is 4.10. The Hall–Kier alpha value is -3.10. The number of benzene rings is 2. The molecule has 0 bridgehead atoms. The smallest absolute Gasteiger partial charge is 0.325 e. The minimum Gasteiger partial charge on any atom is -0.355 e. The van der Waals surface area contributed by atoms with E-state index in [9.17, 15) is 19.2 Å². The van der Waals surface area contributed by atoms with Gasteiger partial charge in [0.2, 0.25) is 5.91 Å². The van der Waals surface area contributed by atoms with Crippen LogP contribution in [0.5, 0.6) is 0 Å². The summed E-state index contributed by atoms with van der Waals surface area (Å²) in [5.74, 6) is -1.44. The zero-order valence-corrected chi connectivity index (χ0v) is 17.6. The van der Waals surface area contributed by atoms with Gasteiger partial charge in [-0.3, -0.25) is 19.3 Å². The third-order valence-corrected chi connectivity index (χ3v) is 5.25. The number of halogens is 2. The largest absolute Gasteiger partial charge is 0.355 e. The van der Waals surface area contributed by atoms with Crippen LogP contribution in [0.15, 0.2) is 42.5 Å². The lowest BCUT2D eigenvalue weighted by molar-refractivity contribution is -0.133. The molecule has 0 aromatic heterocycles. The molecule has 0 aliphatic carbocycles. The molecule has 8 nitrogen and oxygen atoms in total. The van der Waals surface area contributed by atoms with E-state index in [0.29, 0.717) is 21.8 Å². The lowest BCUT2D eigenvalue weighted by Crippen LogP contribution is -2.42. The summed E-state index contributed by atoms with van der Waals surface area (Å²) in [6.45, 7) is 1.03. The van der Waals surface area contributed by atoms with Crippen molar-refractivity contribution < 1.29 is 19.2 Å². The number of hydrogen-bond donors (Lipinski definition) is 3. The SMILES string of the molecule is CNC(=O)c1ccc(NC(=O)CN2C(=O)N[C@](C)(c3ccc(Cl)cc3Cl)C2=O)cc1. The van der Waals surface area contributed by atoms with Crippen LogP contribution in [0.4, 0.5) is 10.5 Å². The Labute approximate surface area is 182 Å². The van der Waals surface area contributed by atoms with Crippen LogP contribution in [-0.4, -0.2) is 42.2 Å². The van der Waals surface area contributed by atoms with Crippen LogP contribution in [0.25, 0.3) is 0 Å². The van der Waals surface area contributed by atoms with Gasteiger partial charge in [0.25, 0.3) is 11.8 Å². The molecule has 2 aromatic carbocycles. The number of carbonyl (C=O) groups excluding carboxylic acids is 4. The number of amides is 5. The highest BCUT2D eigenvalue weighted by molar-refractivity contribution is 6.35. The van der Waals surface area contributed by atoms with Crippen LogP contribution >= 0.6 is 23.2 Å². The van der Waals surface area contributed by atoms with E-state index in [1.54, 1.807) is 36.4 Å². The summed E-state index contributed by atoms with van der Waals surface area (Å²) in [5, 5.41) is 8.29. The Bertz CT molecular complexity index is 1040. The molecule has 156 valence electrons. The van der Waals surface area contributed by atoms with Gasteiger partial charge in [0.05, 0.1) is 0 Å². The highest BCUT2D eigenvalue weighted by atomic mass is 35.5. The number of carbonyl (C=O) groups is 4. The van der Waals surface area contributed by atoms with Crippen molar-refractivity contribution >= 4 is 52.6 Å². The summed E-state index contributed by atoms with van der Waals surface area (Å²) in [7, 11) is 1.51. The number of rotatable bonds is 5. The van der Waals surface area contributed by atoms with E-state index in [-0.39, 0.29) is 10.9 Å². The molecule has 30 heavy (non-hydrogen) atoms. The molecule has 1 heterocycles. The molecule has 0 saturated carbocycles. The van der Waals surface area contributed by atoms with E-state index < -0.39 is 29.9 Å². The maximum absolute atomic E-state index is 12.9. The van der Waals surface area contributed by atoms with Crippen LogP contribution in [0, 0.1) is 0 Å². The maximum atomic E-state index is 12.9. The fourth-order valence-corrected chi connectivity index (χ4v) is 3.71. The molecule has 1 aliphatic rings. The van der Waals surface area contributed by atoms with E-state index in [1.165, 1.54) is 20.0 Å². The summed E-state index contributed by atoms with van der Waals surface area (Å²) in [6.07, 6.45) is 0. The minimum atomic E-state index is -1.42. The van der Waals surface area contributed by atoms with Crippen LogP contribution in [-0.2, 0) is 15.1 Å². The second-order valence-electron chi connectivity index (χ2n) is 6.78. The van der Waals surface area contributed by atoms with Gasteiger partial charge in [-0.2, -0.15) is 0 Å². The minimum absolute atomic E-state index is 0.223. The Morgan fingerprint density at radius 2 is 1.77 bits per heavy atom. The van der Waals surface area contributed by atoms with Gasteiger partial charge in [-0.05, 0) is 43.3 Å². The van der Waals surface area contributed by atoms with Crippen molar-refractivity contribution in [2.75, 3.05) is 18.9 Å². The average Bonchev–Trinajstić information content (AvgIpc) is 2.91. The van der Waals surface area contributed by atoms with Crippen LogP contribution in [0.2, 0.25) is 10.0 Å². The molecule has 1 fully saturated rings. The number of nitrogens with zero attached hydrogens (tertiary/aromatic N) is 1. The molecule has 0 unspecified atom stereocenters. The van der Waals surface area contributed by atoms with Gasteiger partial charge in [0.15, 0.2) is 0 Å². The molecule has 0 spiro atoms. The molecule has 0 radical (unpaired) electrons. The van der Waals surface area contributed by atoms with Crippen molar-refractivity contribution in [2.45, 2.75) is 12.5 Å². The maximum Gasteiger partial charge on any atom is 0.325 e. The van der Waals surface area contributed by atoms with E-state index >= 15 is 0 Å². The summed E-state index contributed by atoms with van der Waals surface area (Å²) < 4.78 is 0. The molecule has 5 amide bonds. The first kappa shape index (κ1) is 21.6. The summed E-state index contributed by atoms with van der Waals surface area (Å²) >= 11 is 12.1. The van der Waals surface area contributed by atoms with Crippen LogP contribution in [0.1, 0.15) is 22.8 Å². The summed E-state index contributed by atoms with van der Waals surface area (Å²) in [6, 6.07) is 10.1. The van der Waals surface area contributed by atoms with Crippen molar-refractivity contribution in [3.05, 3.63) is 63.6 Å². The van der Waals surface area contributed by atoms with Crippen molar-refractivity contribution in [3.63, 3.8) is 0 Å². The van der Waals surface area contributed by atoms with Crippen molar-refractivity contribution in [3.8, 4) is 0 Å². The number of anilines is 1. The number of nitrogens with one attached hydrogen (secondary N) is 3. The molecule has 1 saturated heterocycles. The van der Waals surface area contributed by atoms with Crippen molar-refractivity contribution in [1.29, 1.82) is 0 Å². The van der Waals surface area contributed by atoms with Gasteiger partial charge < -0.3 is 16.0 Å². The fraction of sp³-hybridized carbons (Fsp3) is 0.200. The Morgan fingerprint density at radius 3 is 2.37 bits per heavy atom. The number of hydrogen-bond acceptors (Lipinski definition) is 4. The van der Waals surface area contributed by atoms with Crippen molar-refractivity contribution in [2.24, 2.45) is 0 Å². The lowest BCUT2D eigenvalue weighted by atomic mass is 9.92. The highest BCUT2D eigenvalue weighted by Crippen LogP contribution is 2.34. The van der Waals surface area contributed by atoms with Gasteiger partial charge in [0, 0.05) is 33.9 Å². The Morgan fingerprint density at radius 1 is 1.10 bits per heavy atom. The predicted octanol–water partition coefficient (Wildman–Crippen LogP) is 2.76. The quantitative estimate of drug-likeness (QED) is 0.611. The fourth-order valence-electron chi connectivity index (χ4n) is 3.11. The van der Waals surface area contributed by atoms with Gasteiger partial charge in [0.1, 0.15) is 12.1 Å². The van der Waals surface area contributed by atoms with E-state index in [1.807, 2.05) is 0 Å². The predicted molar refractivity (Wildman–Crippen MR) is 113 cm³/mol. The molecule has 10 heteroatoms. The zero-order valence-electron chi connectivity index (χ0n) is 16.1. The van der Waals surface area contributed by atoms with Gasteiger partial charge in [-0.25, -0.2) is 4.79 Å². The van der Waals surface area contributed by atoms with Gasteiger partial charge in [-0.15, -0.1) is 0 Å². The van der Waals surface area contributed by atoms with E-state index in [0.717, 1.165) is 4.90 Å². The summed E-state index contributed by atoms with van der Waals surface area (Å²) in [5.41, 5.74) is -0.197. The molecule has 1 atom stereocenters. The summed E-state index contributed by atoms with van der Waals surface area (Å²) in [4.78, 5) is 50.1.